The first-order valence-electron chi connectivity index (χ1n) is 6.68. The minimum Gasteiger partial charge on any atom is -0.316 e. The lowest BCUT2D eigenvalue weighted by molar-refractivity contribution is 0.541. The van der Waals surface area contributed by atoms with Crippen LogP contribution in [0.15, 0.2) is 30.5 Å². The Morgan fingerprint density at radius 2 is 2.00 bits per heavy atom. The number of hydrogen-bond donors (Lipinski definition) is 3. The van der Waals surface area contributed by atoms with E-state index in [4.69, 9.17) is 0 Å². The van der Waals surface area contributed by atoms with Crippen molar-refractivity contribution in [3.05, 3.63) is 41.6 Å². The Bertz CT molecular complexity index is 501. The molecule has 0 aliphatic carbocycles. The molecule has 1 aromatic heterocycles. The molecule has 4 nitrogen and oxygen atoms in total. The normalized spacial score (nSPS) is 12.6. The van der Waals surface area contributed by atoms with Crippen LogP contribution in [0.1, 0.15) is 18.1 Å². The third-order valence-corrected chi connectivity index (χ3v) is 3.32. The molecule has 0 spiro atoms. The van der Waals surface area contributed by atoms with Crippen molar-refractivity contribution in [1.29, 1.82) is 0 Å². The SMILES string of the molecule is CNC(C)CNCc1cn[nH]c1-c1ccc(C)cc1. The summed E-state index contributed by atoms with van der Waals surface area (Å²) in [7, 11) is 1.97. The standard InChI is InChI=1S/C15H22N4/c1-11-4-6-13(7-5-11)15-14(10-18-19-15)9-17-8-12(2)16-3/h4-7,10,12,16-17H,8-9H2,1-3H3,(H,18,19). The van der Waals surface area contributed by atoms with Crippen molar-refractivity contribution in [2.24, 2.45) is 0 Å². The number of likely N-dealkylation sites (N-methyl/N-ethyl adjacent to an activating group) is 1. The molecule has 1 heterocycles. The first-order chi connectivity index (χ1) is 9.20. The van der Waals surface area contributed by atoms with Gasteiger partial charge in [-0.15, -0.1) is 0 Å². The van der Waals surface area contributed by atoms with Crippen LogP contribution in [0.4, 0.5) is 0 Å². The Morgan fingerprint density at radius 3 is 2.68 bits per heavy atom. The molecule has 0 saturated heterocycles. The topological polar surface area (TPSA) is 52.7 Å². The number of nitrogens with zero attached hydrogens (tertiary/aromatic N) is 1. The van der Waals surface area contributed by atoms with Crippen molar-refractivity contribution in [3.8, 4) is 11.3 Å². The molecular weight excluding hydrogens is 236 g/mol. The van der Waals surface area contributed by atoms with Crippen LogP contribution in [0.3, 0.4) is 0 Å². The lowest BCUT2D eigenvalue weighted by Gasteiger charge is -2.11. The minimum atomic E-state index is 0.467. The van der Waals surface area contributed by atoms with Gasteiger partial charge in [0.05, 0.1) is 11.9 Å². The predicted octanol–water partition coefficient (Wildman–Crippen LogP) is 2.08. The number of nitrogens with one attached hydrogen (secondary N) is 3. The highest BCUT2D eigenvalue weighted by atomic mass is 15.1. The molecule has 1 aromatic carbocycles. The van der Waals surface area contributed by atoms with Gasteiger partial charge in [-0.2, -0.15) is 5.10 Å². The highest BCUT2D eigenvalue weighted by Gasteiger charge is 2.07. The summed E-state index contributed by atoms with van der Waals surface area (Å²) in [5.74, 6) is 0. The van der Waals surface area contributed by atoms with Gasteiger partial charge >= 0.3 is 0 Å². The van der Waals surface area contributed by atoms with Crippen molar-refractivity contribution >= 4 is 0 Å². The van der Waals surface area contributed by atoms with Crippen molar-refractivity contribution < 1.29 is 0 Å². The summed E-state index contributed by atoms with van der Waals surface area (Å²) in [6, 6.07) is 8.97. The number of H-pyrrole nitrogens is 1. The van der Waals surface area contributed by atoms with Crippen LogP contribution < -0.4 is 10.6 Å². The summed E-state index contributed by atoms with van der Waals surface area (Å²) in [6.07, 6.45) is 1.90. The Labute approximate surface area is 114 Å². The molecule has 3 N–H and O–H groups in total. The zero-order valence-electron chi connectivity index (χ0n) is 11.8. The molecule has 0 radical (unpaired) electrons. The number of benzene rings is 1. The van der Waals surface area contributed by atoms with Gasteiger partial charge in [-0.3, -0.25) is 5.10 Å². The van der Waals surface area contributed by atoms with E-state index in [2.05, 4.69) is 58.9 Å². The van der Waals surface area contributed by atoms with Crippen molar-refractivity contribution in [1.82, 2.24) is 20.8 Å². The van der Waals surface area contributed by atoms with Crippen LogP contribution in [-0.4, -0.2) is 29.8 Å². The van der Waals surface area contributed by atoms with Crippen LogP contribution in [-0.2, 0) is 6.54 Å². The van der Waals surface area contributed by atoms with E-state index in [9.17, 15) is 0 Å². The third-order valence-electron chi connectivity index (χ3n) is 3.32. The molecule has 1 unspecified atom stereocenters. The highest BCUT2D eigenvalue weighted by Crippen LogP contribution is 2.21. The van der Waals surface area contributed by atoms with E-state index in [0.29, 0.717) is 6.04 Å². The maximum absolute atomic E-state index is 4.16. The van der Waals surface area contributed by atoms with Crippen LogP contribution in [0, 0.1) is 6.92 Å². The van der Waals surface area contributed by atoms with E-state index >= 15 is 0 Å². The molecule has 19 heavy (non-hydrogen) atoms. The van der Waals surface area contributed by atoms with Crippen molar-refractivity contribution in [3.63, 3.8) is 0 Å². The molecule has 0 aliphatic rings. The fourth-order valence-electron chi connectivity index (χ4n) is 1.94. The average molecular weight is 258 g/mol. The number of hydrogen-bond acceptors (Lipinski definition) is 3. The summed E-state index contributed by atoms with van der Waals surface area (Å²) in [5, 5.41) is 13.9. The predicted molar refractivity (Wildman–Crippen MR) is 79.0 cm³/mol. The van der Waals surface area contributed by atoms with E-state index in [1.54, 1.807) is 0 Å². The maximum Gasteiger partial charge on any atom is 0.0695 e. The molecule has 0 saturated carbocycles. The Balaban J connectivity index is 2.03. The highest BCUT2D eigenvalue weighted by molar-refractivity contribution is 5.62. The molecule has 102 valence electrons. The first-order valence-corrected chi connectivity index (χ1v) is 6.68. The zero-order valence-corrected chi connectivity index (χ0v) is 11.8. The van der Waals surface area contributed by atoms with Gasteiger partial charge in [-0.05, 0) is 26.5 Å². The van der Waals surface area contributed by atoms with E-state index in [1.165, 1.54) is 16.7 Å². The number of aromatic nitrogens is 2. The minimum absolute atomic E-state index is 0.467. The largest absolute Gasteiger partial charge is 0.316 e. The molecule has 4 heteroatoms. The van der Waals surface area contributed by atoms with Gasteiger partial charge in [0.25, 0.3) is 0 Å². The quantitative estimate of drug-likeness (QED) is 0.743. The van der Waals surface area contributed by atoms with Gasteiger partial charge < -0.3 is 10.6 Å². The van der Waals surface area contributed by atoms with Crippen molar-refractivity contribution in [2.75, 3.05) is 13.6 Å². The van der Waals surface area contributed by atoms with Crippen molar-refractivity contribution in [2.45, 2.75) is 26.4 Å². The summed E-state index contributed by atoms with van der Waals surface area (Å²) in [5.41, 5.74) is 4.75. The molecule has 1 atom stereocenters. The number of rotatable bonds is 6. The van der Waals surface area contributed by atoms with Crippen LogP contribution in [0.2, 0.25) is 0 Å². The van der Waals surface area contributed by atoms with E-state index in [1.807, 2.05) is 13.2 Å². The molecule has 0 bridgehead atoms. The van der Waals surface area contributed by atoms with Gasteiger partial charge in [0, 0.05) is 24.7 Å². The molecule has 0 fully saturated rings. The second kappa shape index (κ2) is 6.50. The van der Waals surface area contributed by atoms with E-state index in [0.717, 1.165) is 18.8 Å². The lowest BCUT2D eigenvalue weighted by atomic mass is 10.1. The molecule has 0 amide bonds. The number of aromatic amines is 1. The first kappa shape index (κ1) is 13.8. The second-order valence-corrected chi connectivity index (χ2v) is 4.96. The molecular formula is C15H22N4. The van der Waals surface area contributed by atoms with Crippen LogP contribution in [0.5, 0.6) is 0 Å². The Hall–Kier alpha value is -1.65. The summed E-state index contributed by atoms with van der Waals surface area (Å²) < 4.78 is 0. The van der Waals surface area contributed by atoms with E-state index in [-0.39, 0.29) is 0 Å². The Morgan fingerprint density at radius 1 is 1.26 bits per heavy atom. The lowest BCUT2D eigenvalue weighted by Crippen LogP contribution is -2.33. The fraction of sp³-hybridized carbons (Fsp3) is 0.400. The smallest absolute Gasteiger partial charge is 0.0695 e. The molecule has 0 aliphatic heterocycles. The van der Waals surface area contributed by atoms with Crippen LogP contribution in [0.25, 0.3) is 11.3 Å². The Kier molecular flexibility index (Phi) is 4.71. The van der Waals surface area contributed by atoms with Gasteiger partial charge in [0.15, 0.2) is 0 Å². The van der Waals surface area contributed by atoms with Gasteiger partial charge in [-0.1, -0.05) is 29.8 Å². The van der Waals surface area contributed by atoms with Gasteiger partial charge in [0.1, 0.15) is 0 Å². The van der Waals surface area contributed by atoms with E-state index < -0.39 is 0 Å². The summed E-state index contributed by atoms with van der Waals surface area (Å²) in [6.45, 7) is 6.02. The van der Waals surface area contributed by atoms with Crippen LogP contribution >= 0.6 is 0 Å². The second-order valence-electron chi connectivity index (χ2n) is 4.96. The average Bonchev–Trinajstić information content (AvgIpc) is 2.88. The monoisotopic (exact) mass is 258 g/mol. The summed E-state index contributed by atoms with van der Waals surface area (Å²) >= 11 is 0. The van der Waals surface area contributed by atoms with Gasteiger partial charge in [-0.25, -0.2) is 0 Å². The molecule has 2 rings (SSSR count). The van der Waals surface area contributed by atoms with Gasteiger partial charge in [0.2, 0.25) is 0 Å². The maximum atomic E-state index is 4.16. The number of aryl methyl sites for hydroxylation is 1. The summed E-state index contributed by atoms with van der Waals surface area (Å²) in [4.78, 5) is 0. The zero-order chi connectivity index (χ0) is 13.7. The fourth-order valence-corrected chi connectivity index (χ4v) is 1.94. The third kappa shape index (κ3) is 3.66. The molecule has 2 aromatic rings.